The zero-order valence-electron chi connectivity index (χ0n) is 16.6. The van der Waals surface area contributed by atoms with Crippen LogP contribution >= 0.6 is 0 Å². The number of nitrogens with one attached hydrogen (secondary N) is 1. The fourth-order valence-electron chi connectivity index (χ4n) is 3.22. The van der Waals surface area contributed by atoms with Gasteiger partial charge in [-0.05, 0) is 64.2 Å². The highest BCUT2D eigenvalue weighted by Gasteiger charge is 2.24. The Morgan fingerprint density at radius 1 is 0.962 bits per heavy atom. The summed E-state index contributed by atoms with van der Waals surface area (Å²) in [5.41, 5.74) is 3.00. The van der Waals surface area contributed by atoms with E-state index in [0.29, 0.717) is 6.04 Å². The summed E-state index contributed by atoms with van der Waals surface area (Å²) in [6.07, 6.45) is 0. The molecule has 2 aromatic carbocycles. The summed E-state index contributed by atoms with van der Waals surface area (Å²) >= 11 is 0. The third-order valence-corrected chi connectivity index (χ3v) is 4.73. The van der Waals surface area contributed by atoms with Crippen LogP contribution in [-0.4, -0.2) is 37.0 Å². The molecule has 1 atom stereocenters. The largest absolute Gasteiger partial charge is 0.369 e. The number of hydrogen-bond donors (Lipinski definition) is 1. The van der Waals surface area contributed by atoms with Gasteiger partial charge in [0.25, 0.3) is 0 Å². The predicted octanol–water partition coefficient (Wildman–Crippen LogP) is 4.55. The summed E-state index contributed by atoms with van der Waals surface area (Å²) in [4.78, 5) is 17.3. The highest BCUT2D eigenvalue weighted by Crippen LogP contribution is 2.23. The lowest BCUT2D eigenvalue weighted by molar-refractivity contribution is -0.121. The van der Waals surface area contributed by atoms with E-state index in [1.807, 2.05) is 49.5 Å². The van der Waals surface area contributed by atoms with Crippen molar-refractivity contribution in [1.29, 1.82) is 0 Å². The first-order valence-corrected chi connectivity index (χ1v) is 9.40. The molecule has 0 spiro atoms. The zero-order chi connectivity index (χ0) is 19.1. The Bertz CT molecular complexity index is 682. The van der Waals surface area contributed by atoms with Crippen LogP contribution < -0.4 is 10.2 Å². The minimum Gasteiger partial charge on any atom is -0.369 e. The zero-order valence-corrected chi connectivity index (χ0v) is 16.6. The number of likely N-dealkylation sites (N-methyl/N-ethyl adjacent to an activating group) is 1. The third kappa shape index (κ3) is 4.85. The molecule has 26 heavy (non-hydrogen) atoms. The minimum absolute atomic E-state index is 0.00972. The average molecular weight is 354 g/mol. The van der Waals surface area contributed by atoms with E-state index in [9.17, 15) is 4.79 Å². The first kappa shape index (κ1) is 20.0. The Morgan fingerprint density at radius 2 is 1.58 bits per heavy atom. The highest BCUT2D eigenvalue weighted by molar-refractivity contribution is 5.95. The Kier molecular flexibility index (Phi) is 7.22. The number of carbonyl (C=O) groups excluding carboxylic acids is 1. The SMILES string of the molecule is CCN(C)C(C(=O)Nc1ccc(N(CC)C(C)C)cc1)c1ccccc1. The molecule has 0 aromatic heterocycles. The smallest absolute Gasteiger partial charge is 0.246 e. The van der Waals surface area contributed by atoms with E-state index in [-0.39, 0.29) is 11.9 Å². The molecule has 4 heteroatoms. The summed E-state index contributed by atoms with van der Waals surface area (Å²) in [7, 11) is 1.97. The van der Waals surface area contributed by atoms with Crippen molar-refractivity contribution in [2.24, 2.45) is 0 Å². The van der Waals surface area contributed by atoms with Crippen LogP contribution in [-0.2, 0) is 4.79 Å². The molecule has 0 bridgehead atoms. The number of nitrogens with zero attached hydrogens (tertiary/aromatic N) is 2. The number of amides is 1. The first-order chi connectivity index (χ1) is 12.5. The van der Waals surface area contributed by atoms with Gasteiger partial charge in [-0.25, -0.2) is 0 Å². The third-order valence-electron chi connectivity index (χ3n) is 4.73. The molecule has 1 N–H and O–H groups in total. The standard InChI is InChI=1S/C22H31N3O/c1-6-24(5)21(18-11-9-8-10-12-18)22(26)23-19-13-15-20(16-14-19)25(7-2)17(3)4/h8-17,21H,6-7H2,1-5H3,(H,23,26). The molecule has 4 nitrogen and oxygen atoms in total. The van der Waals surface area contributed by atoms with Crippen LogP contribution in [0.15, 0.2) is 54.6 Å². The van der Waals surface area contributed by atoms with Crippen molar-refractivity contribution in [3.8, 4) is 0 Å². The van der Waals surface area contributed by atoms with Crippen molar-refractivity contribution in [3.05, 3.63) is 60.2 Å². The minimum atomic E-state index is -0.302. The topological polar surface area (TPSA) is 35.6 Å². The van der Waals surface area contributed by atoms with E-state index in [1.165, 1.54) is 5.69 Å². The maximum Gasteiger partial charge on any atom is 0.246 e. The summed E-state index contributed by atoms with van der Waals surface area (Å²) < 4.78 is 0. The second kappa shape index (κ2) is 9.39. The fourth-order valence-corrected chi connectivity index (χ4v) is 3.22. The van der Waals surface area contributed by atoms with E-state index in [0.717, 1.165) is 24.3 Å². The molecule has 0 aliphatic heterocycles. The van der Waals surface area contributed by atoms with Crippen LogP contribution in [0, 0.1) is 0 Å². The molecule has 0 heterocycles. The maximum absolute atomic E-state index is 12.9. The fraction of sp³-hybridized carbons (Fsp3) is 0.409. The molecular weight excluding hydrogens is 322 g/mol. The molecule has 0 aliphatic carbocycles. The van der Waals surface area contributed by atoms with Crippen molar-refractivity contribution in [2.45, 2.75) is 39.8 Å². The van der Waals surface area contributed by atoms with Gasteiger partial charge in [0.15, 0.2) is 0 Å². The number of benzene rings is 2. The van der Waals surface area contributed by atoms with Crippen molar-refractivity contribution >= 4 is 17.3 Å². The Labute approximate surface area is 157 Å². The predicted molar refractivity (Wildman–Crippen MR) is 111 cm³/mol. The van der Waals surface area contributed by atoms with Crippen molar-refractivity contribution < 1.29 is 4.79 Å². The van der Waals surface area contributed by atoms with Gasteiger partial charge in [0.05, 0.1) is 0 Å². The summed E-state index contributed by atoms with van der Waals surface area (Å²) in [5, 5.41) is 3.07. The molecule has 0 saturated heterocycles. The van der Waals surface area contributed by atoms with Gasteiger partial charge in [-0.15, -0.1) is 0 Å². The summed E-state index contributed by atoms with van der Waals surface area (Å²) in [6, 6.07) is 18.2. The van der Waals surface area contributed by atoms with Gasteiger partial charge in [-0.2, -0.15) is 0 Å². The van der Waals surface area contributed by atoms with Crippen LogP contribution in [0.5, 0.6) is 0 Å². The van der Waals surface area contributed by atoms with Gasteiger partial charge in [0.1, 0.15) is 6.04 Å². The lowest BCUT2D eigenvalue weighted by atomic mass is 10.0. The summed E-state index contributed by atoms with van der Waals surface area (Å²) in [6.45, 7) is 10.3. The molecule has 0 saturated carbocycles. The van der Waals surface area contributed by atoms with Gasteiger partial charge >= 0.3 is 0 Å². The second-order valence-electron chi connectivity index (χ2n) is 6.80. The van der Waals surface area contributed by atoms with E-state index in [4.69, 9.17) is 0 Å². The van der Waals surface area contributed by atoms with Gasteiger partial charge in [-0.3, -0.25) is 9.69 Å². The van der Waals surface area contributed by atoms with E-state index >= 15 is 0 Å². The Morgan fingerprint density at radius 3 is 2.08 bits per heavy atom. The molecular formula is C22H31N3O. The quantitative estimate of drug-likeness (QED) is 0.756. The first-order valence-electron chi connectivity index (χ1n) is 9.40. The average Bonchev–Trinajstić information content (AvgIpc) is 2.64. The Balaban J connectivity index is 2.16. The second-order valence-corrected chi connectivity index (χ2v) is 6.80. The van der Waals surface area contributed by atoms with Crippen molar-refractivity contribution in [2.75, 3.05) is 30.4 Å². The van der Waals surface area contributed by atoms with E-state index in [1.54, 1.807) is 0 Å². The van der Waals surface area contributed by atoms with Crippen LogP contribution in [0.4, 0.5) is 11.4 Å². The molecule has 1 unspecified atom stereocenters. The van der Waals surface area contributed by atoms with Gasteiger partial charge in [0, 0.05) is 24.0 Å². The Hall–Kier alpha value is -2.33. The van der Waals surface area contributed by atoms with Gasteiger partial charge in [0.2, 0.25) is 5.91 Å². The molecule has 0 fully saturated rings. The number of hydrogen-bond acceptors (Lipinski definition) is 3. The number of rotatable bonds is 8. The van der Waals surface area contributed by atoms with Crippen LogP contribution in [0.3, 0.4) is 0 Å². The van der Waals surface area contributed by atoms with Gasteiger partial charge in [-0.1, -0.05) is 37.3 Å². The molecule has 2 aromatic rings. The molecule has 140 valence electrons. The lowest BCUT2D eigenvalue weighted by Gasteiger charge is -2.28. The van der Waals surface area contributed by atoms with Crippen LogP contribution in [0.1, 0.15) is 39.3 Å². The van der Waals surface area contributed by atoms with Crippen LogP contribution in [0.25, 0.3) is 0 Å². The number of anilines is 2. The van der Waals surface area contributed by atoms with Crippen molar-refractivity contribution in [1.82, 2.24) is 4.90 Å². The monoisotopic (exact) mass is 353 g/mol. The van der Waals surface area contributed by atoms with Gasteiger partial charge < -0.3 is 10.2 Å². The summed E-state index contributed by atoms with van der Waals surface area (Å²) in [5.74, 6) is -0.00972. The maximum atomic E-state index is 12.9. The lowest BCUT2D eigenvalue weighted by Crippen LogP contribution is -2.34. The molecule has 2 rings (SSSR count). The normalized spacial score (nSPS) is 12.3. The van der Waals surface area contributed by atoms with E-state index in [2.05, 4.69) is 54.9 Å². The van der Waals surface area contributed by atoms with Crippen molar-refractivity contribution in [3.63, 3.8) is 0 Å². The molecule has 0 radical (unpaired) electrons. The highest BCUT2D eigenvalue weighted by atomic mass is 16.2. The van der Waals surface area contributed by atoms with Crippen LogP contribution in [0.2, 0.25) is 0 Å². The van der Waals surface area contributed by atoms with E-state index < -0.39 is 0 Å². The number of carbonyl (C=O) groups is 1. The molecule has 0 aliphatic rings. The molecule has 1 amide bonds.